The molecule has 1 aromatic carbocycles. The molecule has 4 aromatic heterocycles. The molecule has 5 rings (SSSR count). The molecule has 0 aliphatic heterocycles. The molecule has 5 aromatic rings. The first-order valence-electron chi connectivity index (χ1n) is 8.97. The summed E-state index contributed by atoms with van der Waals surface area (Å²) in [4.78, 5) is 22.4. The van der Waals surface area contributed by atoms with Gasteiger partial charge in [-0.1, -0.05) is 47.4 Å². The van der Waals surface area contributed by atoms with Crippen LogP contribution in [-0.2, 0) is 0 Å². The van der Waals surface area contributed by atoms with Gasteiger partial charge in [0.2, 0.25) is 0 Å². The Hall–Kier alpha value is -2.11. The van der Waals surface area contributed by atoms with E-state index >= 15 is 0 Å². The molecule has 0 saturated carbocycles. The molecule has 0 radical (unpaired) electrons. The molecule has 1 unspecified atom stereocenters. The van der Waals surface area contributed by atoms with E-state index in [0.29, 0.717) is 15.2 Å². The Balaban J connectivity index is 1.45. The Morgan fingerprint density at radius 2 is 2.00 bits per heavy atom. The third-order valence-corrected chi connectivity index (χ3v) is 8.64. The third kappa shape index (κ3) is 3.69. The van der Waals surface area contributed by atoms with Gasteiger partial charge in [-0.15, -0.1) is 27.8 Å². The topological polar surface area (TPSA) is 63.6 Å². The molecule has 1 N–H and O–H groups in total. The van der Waals surface area contributed by atoms with Gasteiger partial charge in [0.05, 0.1) is 16.3 Å². The number of rotatable bonds is 5. The molecule has 0 aliphatic rings. The van der Waals surface area contributed by atoms with Gasteiger partial charge < -0.3 is 4.98 Å². The second-order valence-electron chi connectivity index (χ2n) is 6.40. The fraction of sp³-hybridized carbons (Fsp3) is 0.100. The lowest BCUT2D eigenvalue weighted by Crippen LogP contribution is -2.12. The Morgan fingerprint density at radius 1 is 1.17 bits per heavy atom. The minimum atomic E-state index is -0.102. The molecule has 1 atom stereocenters. The number of thioether (sulfide) groups is 1. The minimum absolute atomic E-state index is 0.0702. The van der Waals surface area contributed by atoms with Gasteiger partial charge in [-0.3, -0.25) is 4.79 Å². The van der Waals surface area contributed by atoms with Crippen molar-refractivity contribution in [3.05, 3.63) is 73.4 Å². The van der Waals surface area contributed by atoms with Gasteiger partial charge in [0, 0.05) is 15.8 Å². The van der Waals surface area contributed by atoms with Crippen molar-refractivity contribution in [1.82, 2.24) is 19.7 Å². The molecular weight excluding hydrogens is 473 g/mol. The number of H-pyrrole nitrogens is 1. The molecule has 5 nitrogen and oxygen atoms in total. The Labute approximate surface area is 193 Å². The lowest BCUT2D eigenvalue weighted by atomic mass is 10.2. The lowest BCUT2D eigenvalue weighted by molar-refractivity contribution is 0.825. The highest BCUT2D eigenvalue weighted by Gasteiger charge is 2.18. The first-order valence-corrected chi connectivity index (χ1v) is 12.8. The van der Waals surface area contributed by atoms with Crippen LogP contribution in [0.15, 0.2) is 62.4 Å². The summed E-state index contributed by atoms with van der Waals surface area (Å²) in [5.41, 5.74) is 1.78. The van der Waals surface area contributed by atoms with Crippen molar-refractivity contribution in [2.75, 3.05) is 0 Å². The van der Waals surface area contributed by atoms with Gasteiger partial charge in [0.15, 0.2) is 8.29 Å². The Bertz CT molecular complexity index is 1430. The number of thiophene rings is 2. The summed E-state index contributed by atoms with van der Waals surface area (Å²) in [6.45, 7) is 2.01. The molecule has 0 bridgehead atoms. The minimum Gasteiger partial charge on any atom is -0.309 e. The van der Waals surface area contributed by atoms with Crippen molar-refractivity contribution in [3.63, 3.8) is 0 Å². The second-order valence-corrected chi connectivity index (χ2v) is 11.4. The average molecular weight is 487 g/mol. The van der Waals surface area contributed by atoms with E-state index in [-0.39, 0.29) is 10.8 Å². The number of fused-ring (bicyclic) bond motifs is 1. The molecular formula is C20H14N4OS5. The molecule has 4 heterocycles. The first-order chi connectivity index (χ1) is 14.6. The smallest absolute Gasteiger partial charge is 0.260 e. The van der Waals surface area contributed by atoms with E-state index in [1.54, 1.807) is 27.8 Å². The summed E-state index contributed by atoms with van der Waals surface area (Å²) in [6.07, 6.45) is 0. The average Bonchev–Trinajstić information content (AvgIpc) is 3.48. The van der Waals surface area contributed by atoms with E-state index in [1.807, 2.05) is 60.1 Å². The van der Waals surface area contributed by atoms with Crippen molar-refractivity contribution in [2.45, 2.75) is 16.5 Å². The van der Waals surface area contributed by atoms with Crippen molar-refractivity contribution in [1.29, 1.82) is 0 Å². The van der Waals surface area contributed by atoms with E-state index in [1.165, 1.54) is 22.7 Å². The van der Waals surface area contributed by atoms with Crippen LogP contribution in [0.2, 0.25) is 0 Å². The van der Waals surface area contributed by atoms with E-state index in [2.05, 4.69) is 10.1 Å². The maximum absolute atomic E-state index is 12.8. The van der Waals surface area contributed by atoms with Crippen LogP contribution in [0, 0.1) is 3.95 Å². The standard InChI is InChI=1S/C20H14N4OS5/c1-11(29-19-23-24(20(26)30-19)12-6-3-2-4-7-12)16-21-17(25)15-13(10-28-18(15)22-16)14-8-5-9-27-14/h2-11H,1H3,(H,21,22,25). The summed E-state index contributed by atoms with van der Waals surface area (Å²) in [5.74, 6) is 0.643. The van der Waals surface area contributed by atoms with Crippen molar-refractivity contribution in [2.24, 2.45) is 0 Å². The van der Waals surface area contributed by atoms with E-state index in [0.717, 1.165) is 25.3 Å². The zero-order valence-electron chi connectivity index (χ0n) is 15.6. The van der Waals surface area contributed by atoms with E-state index < -0.39 is 0 Å². The quantitative estimate of drug-likeness (QED) is 0.226. The fourth-order valence-corrected chi connectivity index (χ4v) is 7.35. The number of nitrogens with zero attached hydrogens (tertiary/aromatic N) is 3. The SMILES string of the molecule is CC(Sc1nn(-c2ccccc2)c(=S)s1)c1nc2scc(-c3cccs3)c2c(=O)[nH]1. The zero-order chi connectivity index (χ0) is 20.7. The molecule has 150 valence electrons. The van der Waals surface area contributed by atoms with E-state index in [9.17, 15) is 4.79 Å². The predicted octanol–water partition coefficient (Wildman–Crippen LogP) is 6.54. The number of para-hydroxylation sites is 1. The highest BCUT2D eigenvalue weighted by Crippen LogP contribution is 2.37. The van der Waals surface area contributed by atoms with Gasteiger partial charge in [0.1, 0.15) is 10.7 Å². The third-order valence-electron chi connectivity index (χ3n) is 4.44. The molecule has 0 fully saturated rings. The molecule has 0 spiro atoms. The summed E-state index contributed by atoms with van der Waals surface area (Å²) >= 11 is 11.6. The maximum Gasteiger partial charge on any atom is 0.260 e. The van der Waals surface area contributed by atoms with Crippen LogP contribution >= 0.6 is 58.0 Å². The zero-order valence-corrected chi connectivity index (χ0v) is 19.6. The first kappa shape index (κ1) is 19.8. The summed E-state index contributed by atoms with van der Waals surface area (Å²) in [6, 6.07) is 13.8. The summed E-state index contributed by atoms with van der Waals surface area (Å²) in [5, 5.41) is 9.25. The highest BCUT2D eigenvalue weighted by molar-refractivity contribution is 8.01. The van der Waals surface area contributed by atoms with Gasteiger partial charge >= 0.3 is 0 Å². The Kier molecular flexibility index (Phi) is 5.42. The van der Waals surface area contributed by atoms with Gasteiger partial charge in [-0.25, -0.2) is 9.67 Å². The van der Waals surface area contributed by atoms with Crippen molar-refractivity contribution < 1.29 is 0 Å². The number of aromatic nitrogens is 4. The highest BCUT2D eigenvalue weighted by atomic mass is 32.2. The van der Waals surface area contributed by atoms with Crippen LogP contribution in [0.3, 0.4) is 0 Å². The second kappa shape index (κ2) is 8.20. The van der Waals surface area contributed by atoms with Crippen LogP contribution in [0.5, 0.6) is 0 Å². The van der Waals surface area contributed by atoms with Gasteiger partial charge in [0.25, 0.3) is 5.56 Å². The van der Waals surface area contributed by atoms with Crippen LogP contribution in [0.4, 0.5) is 0 Å². The van der Waals surface area contributed by atoms with Crippen molar-refractivity contribution >= 4 is 68.2 Å². The van der Waals surface area contributed by atoms with Crippen LogP contribution in [0.25, 0.3) is 26.3 Å². The Morgan fingerprint density at radius 3 is 2.77 bits per heavy atom. The number of hydrogen-bond donors (Lipinski definition) is 1. The molecule has 0 aliphatic carbocycles. The monoisotopic (exact) mass is 486 g/mol. The molecule has 0 amide bonds. The van der Waals surface area contributed by atoms with Crippen LogP contribution < -0.4 is 5.56 Å². The summed E-state index contributed by atoms with van der Waals surface area (Å²) in [7, 11) is 0. The van der Waals surface area contributed by atoms with E-state index in [4.69, 9.17) is 17.2 Å². The van der Waals surface area contributed by atoms with Crippen molar-refractivity contribution in [3.8, 4) is 16.1 Å². The van der Waals surface area contributed by atoms with Gasteiger partial charge in [-0.2, -0.15) is 0 Å². The number of benzene rings is 1. The molecule has 0 saturated heterocycles. The maximum atomic E-state index is 12.8. The number of hydrogen-bond acceptors (Lipinski definition) is 8. The molecule has 30 heavy (non-hydrogen) atoms. The number of nitrogens with one attached hydrogen (secondary N) is 1. The largest absolute Gasteiger partial charge is 0.309 e. The van der Waals surface area contributed by atoms with Gasteiger partial charge in [-0.05, 0) is 42.7 Å². The normalized spacial score (nSPS) is 12.4. The summed E-state index contributed by atoms with van der Waals surface area (Å²) < 4.78 is 3.29. The fourth-order valence-electron chi connectivity index (χ4n) is 3.02. The van der Waals surface area contributed by atoms with Crippen LogP contribution in [-0.4, -0.2) is 19.7 Å². The number of aromatic amines is 1. The van der Waals surface area contributed by atoms with Crippen LogP contribution in [0.1, 0.15) is 18.0 Å². The predicted molar refractivity (Wildman–Crippen MR) is 130 cm³/mol. The lowest BCUT2D eigenvalue weighted by Gasteiger charge is -2.08. The molecule has 10 heteroatoms.